The van der Waals surface area contributed by atoms with E-state index in [-0.39, 0.29) is 17.9 Å². The predicted octanol–water partition coefficient (Wildman–Crippen LogP) is 2.11. The van der Waals surface area contributed by atoms with Crippen LogP contribution in [0.25, 0.3) is 0 Å². The Kier molecular flexibility index (Phi) is 5.50. The second-order valence-corrected chi connectivity index (χ2v) is 7.35. The van der Waals surface area contributed by atoms with Crippen LogP contribution in [0.4, 0.5) is 5.82 Å². The van der Waals surface area contributed by atoms with Gasteiger partial charge in [-0.25, -0.2) is 4.98 Å². The predicted molar refractivity (Wildman–Crippen MR) is 106 cm³/mol. The lowest BCUT2D eigenvalue weighted by atomic mass is 10.1. The summed E-state index contributed by atoms with van der Waals surface area (Å²) in [5, 5.41) is 3.06. The molecule has 2 amide bonds. The van der Waals surface area contributed by atoms with Crippen molar-refractivity contribution in [1.29, 1.82) is 0 Å². The zero-order chi connectivity index (χ0) is 19.3. The first-order valence-corrected chi connectivity index (χ1v) is 9.93. The number of nitrogens with zero attached hydrogens (tertiary/aromatic N) is 4. The summed E-state index contributed by atoms with van der Waals surface area (Å²) in [6.07, 6.45) is 7.71. The fourth-order valence-electron chi connectivity index (χ4n) is 3.87. The van der Waals surface area contributed by atoms with Crippen LogP contribution in [0.5, 0.6) is 0 Å². The SMILES string of the molecule is O=C(NC1CCCC1)c1ccnc(C(=O)N2CCN(c3ccccn3)CC2)c1. The number of aromatic nitrogens is 2. The van der Waals surface area contributed by atoms with E-state index in [4.69, 9.17) is 0 Å². The van der Waals surface area contributed by atoms with Gasteiger partial charge in [0.25, 0.3) is 11.8 Å². The largest absolute Gasteiger partial charge is 0.353 e. The summed E-state index contributed by atoms with van der Waals surface area (Å²) in [6.45, 7) is 2.67. The summed E-state index contributed by atoms with van der Waals surface area (Å²) in [7, 11) is 0. The molecule has 0 unspecified atom stereocenters. The first-order chi connectivity index (χ1) is 13.7. The van der Waals surface area contributed by atoms with E-state index in [0.29, 0.717) is 24.3 Å². The van der Waals surface area contributed by atoms with Crippen LogP contribution in [0.15, 0.2) is 42.7 Å². The molecule has 7 heteroatoms. The van der Waals surface area contributed by atoms with Crippen LogP contribution in [0, 0.1) is 0 Å². The molecule has 3 heterocycles. The molecule has 0 radical (unpaired) electrons. The maximum Gasteiger partial charge on any atom is 0.272 e. The number of hydrogen-bond donors (Lipinski definition) is 1. The van der Waals surface area contributed by atoms with Gasteiger partial charge in [0.1, 0.15) is 11.5 Å². The highest BCUT2D eigenvalue weighted by molar-refractivity contribution is 5.98. The number of amides is 2. The Labute approximate surface area is 164 Å². The lowest BCUT2D eigenvalue weighted by Gasteiger charge is -2.35. The first kappa shape index (κ1) is 18.4. The van der Waals surface area contributed by atoms with Gasteiger partial charge in [-0.2, -0.15) is 0 Å². The highest BCUT2D eigenvalue weighted by atomic mass is 16.2. The molecule has 2 aromatic rings. The molecule has 1 N–H and O–H groups in total. The van der Waals surface area contributed by atoms with Gasteiger partial charge in [0.2, 0.25) is 0 Å². The molecule has 2 aromatic heterocycles. The van der Waals surface area contributed by atoms with Crippen molar-refractivity contribution in [2.24, 2.45) is 0 Å². The molecule has 4 rings (SSSR count). The molecule has 2 fully saturated rings. The van der Waals surface area contributed by atoms with Gasteiger partial charge >= 0.3 is 0 Å². The fraction of sp³-hybridized carbons (Fsp3) is 0.429. The molecule has 1 saturated carbocycles. The van der Waals surface area contributed by atoms with Gasteiger partial charge in [-0.05, 0) is 37.1 Å². The molecule has 146 valence electrons. The summed E-state index contributed by atoms with van der Waals surface area (Å²) in [6, 6.07) is 9.36. The van der Waals surface area contributed by atoms with Crippen molar-refractivity contribution in [1.82, 2.24) is 20.2 Å². The third-order valence-corrected chi connectivity index (χ3v) is 5.47. The molecule has 0 bridgehead atoms. The number of pyridine rings is 2. The van der Waals surface area contributed by atoms with E-state index in [0.717, 1.165) is 44.6 Å². The van der Waals surface area contributed by atoms with Gasteiger partial charge in [-0.1, -0.05) is 18.9 Å². The van der Waals surface area contributed by atoms with Crippen molar-refractivity contribution in [3.8, 4) is 0 Å². The molecular formula is C21H25N5O2. The van der Waals surface area contributed by atoms with Crippen molar-refractivity contribution in [2.75, 3.05) is 31.1 Å². The van der Waals surface area contributed by atoms with Crippen LogP contribution >= 0.6 is 0 Å². The number of rotatable bonds is 4. The number of anilines is 1. The molecule has 0 atom stereocenters. The summed E-state index contributed by atoms with van der Waals surface area (Å²) < 4.78 is 0. The van der Waals surface area contributed by atoms with Crippen molar-refractivity contribution >= 4 is 17.6 Å². The number of piperazine rings is 1. The lowest BCUT2D eigenvalue weighted by molar-refractivity contribution is 0.0740. The van der Waals surface area contributed by atoms with Gasteiger partial charge in [-0.15, -0.1) is 0 Å². The Morgan fingerprint density at radius 3 is 2.46 bits per heavy atom. The van der Waals surface area contributed by atoms with Gasteiger partial charge in [-0.3, -0.25) is 14.6 Å². The van der Waals surface area contributed by atoms with Gasteiger partial charge in [0, 0.05) is 50.2 Å². The summed E-state index contributed by atoms with van der Waals surface area (Å²) in [4.78, 5) is 37.9. The van der Waals surface area contributed by atoms with Crippen molar-refractivity contribution in [3.63, 3.8) is 0 Å². The number of nitrogens with one attached hydrogen (secondary N) is 1. The Hall–Kier alpha value is -2.96. The summed E-state index contributed by atoms with van der Waals surface area (Å²) in [5.41, 5.74) is 0.822. The molecule has 0 aromatic carbocycles. The molecule has 28 heavy (non-hydrogen) atoms. The Bertz CT molecular complexity index is 828. The van der Waals surface area contributed by atoms with E-state index < -0.39 is 0 Å². The van der Waals surface area contributed by atoms with Crippen LogP contribution in [-0.2, 0) is 0 Å². The number of carbonyl (C=O) groups excluding carboxylic acids is 2. The molecule has 0 spiro atoms. The minimum absolute atomic E-state index is 0.122. The lowest BCUT2D eigenvalue weighted by Crippen LogP contribution is -2.49. The Balaban J connectivity index is 1.38. The quantitative estimate of drug-likeness (QED) is 0.880. The first-order valence-electron chi connectivity index (χ1n) is 9.93. The maximum atomic E-state index is 12.9. The molecular weight excluding hydrogens is 354 g/mol. The van der Waals surface area contributed by atoms with E-state index in [1.54, 1.807) is 29.4 Å². The molecule has 7 nitrogen and oxygen atoms in total. The third kappa shape index (κ3) is 4.13. The second kappa shape index (κ2) is 8.37. The van der Waals surface area contributed by atoms with E-state index in [2.05, 4.69) is 20.2 Å². The van der Waals surface area contributed by atoms with E-state index in [1.165, 1.54) is 0 Å². The van der Waals surface area contributed by atoms with E-state index in [1.807, 2.05) is 18.2 Å². The zero-order valence-corrected chi connectivity index (χ0v) is 15.9. The van der Waals surface area contributed by atoms with Gasteiger partial charge < -0.3 is 15.1 Å². The minimum Gasteiger partial charge on any atom is -0.353 e. The fourth-order valence-corrected chi connectivity index (χ4v) is 3.87. The topological polar surface area (TPSA) is 78.4 Å². The molecule has 1 aliphatic heterocycles. The normalized spacial score (nSPS) is 17.6. The third-order valence-electron chi connectivity index (χ3n) is 5.47. The average molecular weight is 379 g/mol. The Morgan fingerprint density at radius 1 is 0.964 bits per heavy atom. The molecule has 1 aliphatic carbocycles. The minimum atomic E-state index is -0.129. The van der Waals surface area contributed by atoms with E-state index in [9.17, 15) is 9.59 Å². The molecule has 2 aliphatic rings. The highest BCUT2D eigenvalue weighted by Crippen LogP contribution is 2.18. The number of carbonyl (C=O) groups is 2. The van der Waals surface area contributed by atoms with Crippen LogP contribution in [-0.4, -0.2) is 58.9 Å². The second-order valence-electron chi connectivity index (χ2n) is 7.35. The smallest absolute Gasteiger partial charge is 0.272 e. The Morgan fingerprint density at radius 2 is 1.75 bits per heavy atom. The monoisotopic (exact) mass is 379 g/mol. The highest BCUT2D eigenvalue weighted by Gasteiger charge is 2.24. The standard InChI is InChI=1S/C21H25N5O2/c27-20(24-17-5-1-2-6-17)16-8-10-22-18(15-16)21(28)26-13-11-25(12-14-26)19-7-3-4-9-23-19/h3-4,7-10,15,17H,1-2,5-6,11-14H2,(H,24,27). The summed E-state index contributed by atoms with van der Waals surface area (Å²) >= 11 is 0. The van der Waals surface area contributed by atoms with Crippen LogP contribution in [0.1, 0.15) is 46.5 Å². The summed E-state index contributed by atoms with van der Waals surface area (Å²) in [5.74, 6) is 0.679. The van der Waals surface area contributed by atoms with Gasteiger partial charge in [0.15, 0.2) is 0 Å². The van der Waals surface area contributed by atoms with Crippen LogP contribution in [0.2, 0.25) is 0 Å². The van der Waals surface area contributed by atoms with Crippen molar-refractivity contribution in [2.45, 2.75) is 31.7 Å². The van der Waals surface area contributed by atoms with Crippen molar-refractivity contribution < 1.29 is 9.59 Å². The zero-order valence-electron chi connectivity index (χ0n) is 15.9. The van der Waals surface area contributed by atoms with Gasteiger partial charge in [0.05, 0.1) is 0 Å². The van der Waals surface area contributed by atoms with E-state index >= 15 is 0 Å². The average Bonchev–Trinajstić information content (AvgIpc) is 3.27. The van der Waals surface area contributed by atoms with Crippen LogP contribution in [0.3, 0.4) is 0 Å². The molecule has 1 saturated heterocycles. The number of hydrogen-bond acceptors (Lipinski definition) is 5. The maximum absolute atomic E-state index is 12.9. The van der Waals surface area contributed by atoms with Crippen molar-refractivity contribution in [3.05, 3.63) is 54.0 Å². The van der Waals surface area contributed by atoms with Crippen LogP contribution < -0.4 is 10.2 Å².